The van der Waals surface area contributed by atoms with Crippen LogP contribution in [0, 0.1) is 13.8 Å². The Morgan fingerprint density at radius 2 is 1.96 bits per heavy atom. The van der Waals surface area contributed by atoms with Gasteiger partial charge < -0.3 is 10.1 Å². The van der Waals surface area contributed by atoms with Crippen molar-refractivity contribution in [2.75, 3.05) is 39.4 Å². The predicted octanol–water partition coefficient (Wildman–Crippen LogP) is 2.34. The summed E-state index contributed by atoms with van der Waals surface area (Å²) in [5.74, 6) is -0.0664. The van der Waals surface area contributed by atoms with Gasteiger partial charge in [-0.15, -0.1) is 0 Å². The fourth-order valence-electron chi connectivity index (χ4n) is 3.27. The van der Waals surface area contributed by atoms with Crippen LogP contribution in [0.4, 0.5) is 0 Å². The molecule has 2 heterocycles. The van der Waals surface area contributed by atoms with Gasteiger partial charge in [-0.05, 0) is 45.0 Å². The molecular formula is C21H28N4O2. The maximum Gasteiger partial charge on any atom is 0.244 e. The van der Waals surface area contributed by atoms with Crippen LogP contribution in [-0.2, 0) is 9.53 Å². The lowest BCUT2D eigenvalue weighted by Crippen LogP contribution is -2.38. The van der Waals surface area contributed by atoms with Crippen LogP contribution in [0.25, 0.3) is 11.8 Å². The lowest BCUT2D eigenvalue weighted by molar-refractivity contribution is -0.116. The minimum absolute atomic E-state index is 0.0664. The van der Waals surface area contributed by atoms with E-state index in [1.165, 1.54) is 0 Å². The summed E-state index contributed by atoms with van der Waals surface area (Å²) in [6.45, 7) is 9.25. The Hall–Kier alpha value is -2.44. The van der Waals surface area contributed by atoms with Crippen molar-refractivity contribution in [3.63, 3.8) is 0 Å². The second kappa shape index (κ2) is 9.48. The van der Waals surface area contributed by atoms with Gasteiger partial charge in [0.15, 0.2) is 0 Å². The summed E-state index contributed by atoms with van der Waals surface area (Å²) in [6.07, 6.45) is 4.40. The van der Waals surface area contributed by atoms with E-state index in [1.807, 2.05) is 54.9 Å². The molecule has 1 aliphatic heterocycles. The lowest BCUT2D eigenvalue weighted by Gasteiger charge is -2.26. The molecule has 27 heavy (non-hydrogen) atoms. The van der Waals surface area contributed by atoms with Gasteiger partial charge in [0, 0.05) is 37.0 Å². The highest BCUT2D eigenvalue weighted by Gasteiger charge is 2.11. The van der Waals surface area contributed by atoms with Crippen LogP contribution in [-0.4, -0.2) is 60.0 Å². The Bertz CT molecular complexity index is 777. The van der Waals surface area contributed by atoms with Crippen LogP contribution in [0.3, 0.4) is 0 Å². The van der Waals surface area contributed by atoms with Crippen LogP contribution in [0.5, 0.6) is 0 Å². The first-order chi connectivity index (χ1) is 13.1. The number of nitrogens with one attached hydrogen (secondary N) is 1. The highest BCUT2D eigenvalue weighted by atomic mass is 16.5. The number of carbonyl (C=O) groups excluding carboxylic acids is 1. The van der Waals surface area contributed by atoms with Gasteiger partial charge in [-0.1, -0.05) is 18.2 Å². The zero-order valence-corrected chi connectivity index (χ0v) is 16.1. The number of hydrogen-bond acceptors (Lipinski definition) is 4. The Morgan fingerprint density at radius 1 is 1.22 bits per heavy atom. The molecule has 0 saturated carbocycles. The average molecular weight is 368 g/mol. The van der Waals surface area contributed by atoms with E-state index in [4.69, 9.17) is 4.74 Å². The van der Waals surface area contributed by atoms with E-state index in [0.29, 0.717) is 6.54 Å². The molecule has 1 N–H and O–H groups in total. The zero-order valence-electron chi connectivity index (χ0n) is 16.1. The summed E-state index contributed by atoms with van der Waals surface area (Å²) in [4.78, 5) is 14.5. The summed E-state index contributed by atoms with van der Waals surface area (Å²) in [7, 11) is 0. The van der Waals surface area contributed by atoms with Crippen molar-refractivity contribution in [3.8, 4) is 5.69 Å². The number of amides is 1. The number of nitrogens with zero attached hydrogens (tertiary/aromatic N) is 3. The van der Waals surface area contributed by atoms with Gasteiger partial charge in [0.05, 0.1) is 24.6 Å². The third-order valence-electron chi connectivity index (χ3n) is 4.80. The quantitative estimate of drug-likeness (QED) is 0.602. The van der Waals surface area contributed by atoms with Crippen LogP contribution in [0.15, 0.2) is 36.4 Å². The van der Waals surface area contributed by atoms with E-state index < -0.39 is 0 Å². The molecule has 1 amide bonds. The van der Waals surface area contributed by atoms with Crippen molar-refractivity contribution in [2.45, 2.75) is 20.3 Å². The molecule has 0 radical (unpaired) electrons. The summed E-state index contributed by atoms with van der Waals surface area (Å²) in [5, 5.41) is 7.56. The van der Waals surface area contributed by atoms with Crippen molar-refractivity contribution in [1.29, 1.82) is 0 Å². The Kier molecular flexibility index (Phi) is 6.79. The minimum Gasteiger partial charge on any atom is -0.379 e. The maximum absolute atomic E-state index is 12.1. The molecular weight excluding hydrogens is 340 g/mol. The molecule has 1 aromatic carbocycles. The molecule has 1 aliphatic rings. The van der Waals surface area contributed by atoms with E-state index >= 15 is 0 Å². The Balaban J connectivity index is 1.51. The van der Waals surface area contributed by atoms with Gasteiger partial charge in [0.2, 0.25) is 5.91 Å². The lowest BCUT2D eigenvalue weighted by atomic mass is 10.2. The van der Waals surface area contributed by atoms with Crippen LogP contribution in [0.1, 0.15) is 23.4 Å². The molecule has 6 nitrogen and oxygen atoms in total. The van der Waals surface area contributed by atoms with Gasteiger partial charge >= 0.3 is 0 Å². The van der Waals surface area contributed by atoms with E-state index in [2.05, 4.69) is 15.3 Å². The third kappa shape index (κ3) is 5.28. The van der Waals surface area contributed by atoms with Crippen molar-refractivity contribution < 1.29 is 9.53 Å². The highest BCUT2D eigenvalue weighted by molar-refractivity contribution is 5.92. The van der Waals surface area contributed by atoms with Gasteiger partial charge in [-0.3, -0.25) is 9.69 Å². The molecule has 0 atom stereocenters. The van der Waals surface area contributed by atoms with Crippen molar-refractivity contribution in [1.82, 2.24) is 20.0 Å². The third-order valence-corrected chi connectivity index (χ3v) is 4.80. The summed E-state index contributed by atoms with van der Waals surface area (Å²) in [6, 6.07) is 10.0. The summed E-state index contributed by atoms with van der Waals surface area (Å²) >= 11 is 0. The summed E-state index contributed by atoms with van der Waals surface area (Å²) < 4.78 is 7.25. The first kappa shape index (κ1) is 19.3. The number of aromatic nitrogens is 2. The number of ether oxygens (including phenoxy) is 1. The predicted molar refractivity (Wildman–Crippen MR) is 107 cm³/mol. The van der Waals surface area contributed by atoms with E-state index in [9.17, 15) is 4.79 Å². The number of hydrogen-bond donors (Lipinski definition) is 1. The number of rotatable bonds is 7. The Labute approximate surface area is 160 Å². The normalized spacial score (nSPS) is 15.3. The molecule has 1 saturated heterocycles. The van der Waals surface area contributed by atoms with Gasteiger partial charge in [-0.25, -0.2) is 4.68 Å². The zero-order chi connectivity index (χ0) is 19.1. The number of benzene rings is 1. The molecule has 0 unspecified atom stereocenters. The number of carbonyl (C=O) groups is 1. The standard InChI is InChI=1S/C21H28N4O2/c1-17-20(18(2)25(23-17)19-7-4-3-5-8-19)9-10-21(26)22-11-6-12-24-13-15-27-16-14-24/h3-5,7-10H,6,11-16H2,1-2H3,(H,22,26). The SMILES string of the molecule is Cc1nn(-c2ccccc2)c(C)c1C=CC(=O)NCCCN1CCOCC1. The smallest absolute Gasteiger partial charge is 0.244 e. The molecule has 0 bridgehead atoms. The monoisotopic (exact) mass is 368 g/mol. The van der Waals surface area contributed by atoms with E-state index in [0.717, 1.165) is 61.9 Å². The highest BCUT2D eigenvalue weighted by Crippen LogP contribution is 2.19. The molecule has 6 heteroatoms. The molecule has 2 aromatic rings. The van der Waals surface area contributed by atoms with Crippen LogP contribution >= 0.6 is 0 Å². The second-order valence-electron chi connectivity index (χ2n) is 6.76. The van der Waals surface area contributed by atoms with Gasteiger partial charge in [-0.2, -0.15) is 5.10 Å². The molecule has 1 aromatic heterocycles. The first-order valence-electron chi connectivity index (χ1n) is 9.53. The maximum atomic E-state index is 12.1. The minimum atomic E-state index is -0.0664. The van der Waals surface area contributed by atoms with Gasteiger partial charge in [0.25, 0.3) is 0 Å². The molecule has 3 rings (SSSR count). The topological polar surface area (TPSA) is 59.4 Å². The van der Waals surface area contributed by atoms with Crippen molar-refractivity contribution in [3.05, 3.63) is 53.4 Å². The van der Waals surface area contributed by atoms with Crippen molar-refractivity contribution in [2.24, 2.45) is 0 Å². The Morgan fingerprint density at radius 3 is 2.70 bits per heavy atom. The fourth-order valence-corrected chi connectivity index (χ4v) is 3.27. The molecule has 0 spiro atoms. The van der Waals surface area contributed by atoms with Crippen molar-refractivity contribution >= 4 is 12.0 Å². The van der Waals surface area contributed by atoms with E-state index in [1.54, 1.807) is 6.08 Å². The molecule has 144 valence electrons. The first-order valence-corrected chi connectivity index (χ1v) is 9.53. The average Bonchev–Trinajstić information content (AvgIpc) is 2.99. The number of morpholine rings is 1. The largest absolute Gasteiger partial charge is 0.379 e. The van der Waals surface area contributed by atoms with Crippen LogP contribution in [0.2, 0.25) is 0 Å². The summed E-state index contributed by atoms with van der Waals surface area (Å²) in [5.41, 5.74) is 3.94. The van der Waals surface area contributed by atoms with Crippen LogP contribution < -0.4 is 5.32 Å². The molecule has 0 aliphatic carbocycles. The van der Waals surface area contributed by atoms with Gasteiger partial charge in [0.1, 0.15) is 0 Å². The second-order valence-corrected chi connectivity index (χ2v) is 6.76. The van der Waals surface area contributed by atoms with E-state index in [-0.39, 0.29) is 5.91 Å². The number of aryl methyl sites for hydroxylation is 1. The molecule has 1 fully saturated rings. The fraction of sp³-hybridized carbons (Fsp3) is 0.429. The number of para-hydroxylation sites is 1.